The van der Waals surface area contributed by atoms with Gasteiger partial charge in [0, 0.05) is 44.0 Å². The van der Waals surface area contributed by atoms with Crippen molar-refractivity contribution in [1.82, 2.24) is 19.1 Å². The summed E-state index contributed by atoms with van der Waals surface area (Å²) in [5.41, 5.74) is 18.9. The molecule has 4 aromatic heterocycles. The van der Waals surface area contributed by atoms with E-state index in [0.29, 0.717) is 11.8 Å². The predicted molar refractivity (Wildman–Crippen MR) is 277 cm³/mol. The van der Waals surface area contributed by atoms with Gasteiger partial charge in [-0.3, -0.25) is 0 Å². The first-order valence-corrected chi connectivity index (χ1v) is 22.9. The van der Waals surface area contributed by atoms with Crippen LogP contribution in [-0.4, -0.2) is 19.1 Å². The molecule has 0 unspecified atom stereocenters. The molecule has 14 aromatic rings. The molecule has 0 aliphatic heterocycles. The highest BCUT2D eigenvalue weighted by molar-refractivity contribution is 6.11. The van der Waals surface area contributed by atoms with Crippen LogP contribution in [0.2, 0.25) is 0 Å². The number of oxazole rings is 2. The maximum Gasteiger partial charge on any atom is 0.227 e. The van der Waals surface area contributed by atoms with Crippen molar-refractivity contribution in [2.45, 2.75) is 0 Å². The Hall–Kier alpha value is -9.26. The zero-order chi connectivity index (χ0) is 44.7. The molecule has 0 bridgehead atoms. The summed E-state index contributed by atoms with van der Waals surface area (Å²) in [4.78, 5) is 9.51. The highest BCUT2D eigenvalue weighted by Gasteiger charge is 2.17. The highest BCUT2D eigenvalue weighted by Crippen LogP contribution is 2.39. The van der Waals surface area contributed by atoms with Crippen molar-refractivity contribution >= 4 is 65.8 Å². The topological polar surface area (TPSA) is 61.9 Å². The van der Waals surface area contributed by atoms with Crippen LogP contribution in [0.3, 0.4) is 0 Å². The lowest BCUT2D eigenvalue weighted by Crippen LogP contribution is -1.95. The summed E-state index contributed by atoms with van der Waals surface area (Å²) >= 11 is 0. The van der Waals surface area contributed by atoms with Gasteiger partial charge in [-0.1, -0.05) is 121 Å². The number of fused-ring (bicyclic) bond motifs is 8. The summed E-state index contributed by atoms with van der Waals surface area (Å²) < 4.78 is 17.0. The number of rotatable bonds is 7. The minimum absolute atomic E-state index is 0.625. The van der Waals surface area contributed by atoms with Gasteiger partial charge in [0.2, 0.25) is 11.8 Å². The molecular formula is C62H38N4O2. The lowest BCUT2D eigenvalue weighted by Gasteiger charge is -2.12. The summed E-state index contributed by atoms with van der Waals surface area (Å²) in [7, 11) is 0. The minimum atomic E-state index is 0.625. The van der Waals surface area contributed by atoms with E-state index in [0.717, 1.165) is 89.1 Å². The lowest BCUT2D eigenvalue weighted by molar-refractivity contribution is 0.619. The van der Waals surface area contributed by atoms with Gasteiger partial charge in [-0.25, -0.2) is 9.97 Å². The smallest absolute Gasteiger partial charge is 0.227 e. The number of aromatic nitrogens is 4. The number of hydrogen-bond donors (Lipinski definition) is 0. The molecule has 0 N–H and O–H groups in total. The van der Waals surface area contributed by atoms with Gasteiger partial charge in [0.05, 0.1) is 22.1 Å². The molecule has 0 aliphatic rings. The van der Waals surface area contributed by atoms with Crippen LogP contribution >= 0.6 is 0 Å². The molecule has 6 heteroatoms. The fourth-order valence-corrected chi connectivity index (χ4v) is 10.1. The second-order valence-electron chi connectivity index (χ2n) is 17.4. The van der Waals surface area contributed by atoms with Crippen LogP contribution in [-0.2, 0) is 0 Å². The van der Waals surface area contributed by atoms with E-state index in [4.69, 9.17) is 18.8 Å². The zero-order valence-corrected chi connectivity index (χ0v) is 36.5. The maximum atomic E-state index is 6.12. The number of hydrogen-bond acceptors (Lipinski definition) is 4. The van der Waals surface area contributed by atoms with Crippen molar-refractivity contribution < 1.29 is 8.83 Å². The molecule has 318 valence electrons. The first-order valence-electron chi connectivity index (χ1n) is 22.9. The van der Waals surface area contributed by atoms with Gasteiger partial charge in [-0.15, -0.1) is 0 Å². The van der Waals surface area contributed by atoms with Gasteiger partial charge in [-0.2, -0.15) is 0 Å². The fraction of sp³-hybridized carbons (Fsp3) is 0. The molecule has 0 atom stereocenters. The number of benzene rings is 10. The minimum Gasteiger partial charge on any atom is -0.436 e. The summed E-state index contributed by atoms with van der Waals surface area (Å²) in [6, 6.07) is 81.5. The SMILES string of the molecule is c1cc(-c2ccc3c(c2)c2ccccc2n3-c2ccc(-c3ccc(-n4c5ccccc5c5cc(-c6cccc(-c7nc8ccccc8o7)c6)ccc54)cc3)cc2)cc(-c2nc3ccccc3o2)c1. The Labute approximate surface area is 390 Å². The summed E-state index contributed by atoms with van der Waals surface area (Å²) in [5, 5.41) is 4.84. The lowest BCUT2D eigenvalue weighted by atomic mass is 10.0. The fourth-order valence-electron chi connectivity index (χ4n) is 10.1. The first kappa shape index (κ1) is 38.1. The molecule has 0 saturated heterocycles. The highest BCUT2D eigenvalue weighted by atomic mass is 16.4. The molecule has 6 nitrogen and oxygen atoms in total. The van der Waals surface area contributed by atoms with E-state index in [1.54, 1.807) is 0 Å². The third-order valence-corrected chi connectivity index (χ3v) is 13.4. The van der Waals surface area contributed by atoms with E-state index in [1.807, 2.05) is 48.5 Å². The molecule has 0 aliphatic carbocycles. The van der Waals surface area contributed by atoms with Crippen molar-refractivity contribution in [1.29, 1.82) is 0 Å². The normalized spacial score (nSPS) is 11.8. The van der Waals surface area contributed by atoms with Crippen LogP contribution in [0.1, 0.15) is 0 Å². The predicted octanol–water partition coefficient (Wildman–Crippen LogP) is 16.5. The number of nitrogens with zero attached hydrogens (tertiary/aromatic N) is 4. The largest absolute Gasteiger partial charge is 0.436 e. The maximum absolute atomic E-state index is 6.12. The molecule has 0 saturated carbocycles. The van der Waals surface area contributed by atoms with Crippen LogP contribution in [0.5, 0.6) is 0 Å². The monoisotopic (exact) mass is 870 g/mol. The van der Waals surface area contributed by atoms with Crippen LogP contribution < -0.4 is 0 Å². The average Bonchev–Trinajstić information content (AvgIpc) is 4.20. The molecule has 14 rings (SSSR count). The van der Waals surface area contributed by atoms with Gasteiger partial charge < -0.3 is 18.0 Å². The van der Waals surface area contributed by atoms with E-state index in [2.05, 4.69) is 191 Å². The molecule has 0 radical (unpaired) electrons. The Bertz CT molecular complexity index is 3920. The van der Waals surface area contributed by atoms with Crippen molar-refractivity contribution in [3.63, 3.8) is 0 Å². The van der Waals surface area contributed by atoms with Crippen molar-refractivity contribution in [2.75, 3.05) is 0 Å². The Kier molecular flexibility index (Phi) is 8.48. The molecule has 0 fully saturated rings. The molecule has 68 heavy (non-hydrogen) atoms. The van der Waals surface area contributed by atoms with Crippen LogP contribution in [0.25, 0.3) is 133 Å². The van der Waals surface area contributed by atoms with Crippen LogP contribution in [0.15, 0.2) is 239 Å². The van der Waals surface area contributed by atoms with E-state index < -0.39 is 0 Å². The molecule has 4 heterocycles. The van der Waals surface area contributed by atoms with E-state index in [9.17, 15) is 0 Å². The second kappa shape index (κ2) is 15.2. The Morgan fingerprint density at radius 1 is 0.265 bits per heavy atom. The molecule has 0 spiro atoms. The summed E-state index contributed by atoms with van der Waals surface area (Å²) in [5.74, 6) is 1.25. The third-order valence-electron chi connectivity index (χ3n) is 13.4. The Balaban J connectivity index is 0.771. The van der Waals surface area contributed by atoms with E-state index in [-0.39, 0.29) is 0 Å². The van der Waals surface area contributed by atoms with Crippen molar-refractivity contribution in [2.24, 2.45) is 0 Å². The van der Waals surface area contributed by atoms with Gasteiger partial charge in [0.1, 0.15) is 11.0 Å². The van der Waals surface area contributed by atoms with Crippen LogP contribution in [0.4, 0.5) is 0 Å². The summed E-state index contributed by atoms with van der Waals surface area (Å²) in [6.07, 6.45) is 0. The number of para-hydroxylation sites is 6. The third kappa shape index (κ3) is 6.19. The van der Waals surface area contributed by atoms with Crippen molar-refractivity contribution in [3.8, 4) is 67.7 Å². The summed E-state index contributed by atoms with van der Waals surface area (Å²) in [6.45, 7) is 0. The molecule has 10 aromatic carbocycles. The molecular weight excluding hydrogens is 833 g/mol. The zero-order valence-electron chi connectivity index (χ0n) is 36.5. The second-order valence-corrected chi connectivity index (χ2v) is 17.4. The van der Waals surface area contributed by atoms with Gasteiger partial charge in [0.15, 0.2) is 11.2 Å². The van der Waals surface area contributed by atoms with Gasteiger partial charge in [0.25, 0.3) is 0 Å². The van der Waals surface area contributed by atoms with Crippen molar-refractivity contribution in [3.05, 3.63) is 231 Å². The Morgan fingerprint density at radius 2 is 0.632 bits per heavy atom. The standard InChI is InChI=1S/C62H38N4O2/c1-5-19-55-49(15-1)51-37-43(41-11-9-13-45(35-41)61-63-53-17-3-7-21-59(53)67-61)27-33-57(51)65(55)47-29-23-39(24-30-47)40-25-31-48(32-26-40)66-56-20-6-2-16-50(56)52-38-44(28-34-58(52)66)42-12-10-14-46(36-42)62-64-54-18-4-8-22-60(54)68-62/h1-38H. The quantitative estimate of drug-likeness (QED) is 0.160. The van der Waals surface area contributed by atoms with Gasteiger partial charge in [-0.05, 0) is 143 Å². The average molecular weight is 871 g/mol. The Morgan fingerprint density at radius 3 is 1.09 bits per heavy atom. The van der Waals surface area contributed by atoms with E-state index >= 15 is 0 Å². The van der Waals surface area contributed by atoms with Crippen LogP contribution in [0, 0.1) is 0 Å². The van der Waals surface area contributed by atoms with E-state index in [1.165, 1.54) is 32.6 Å². The molecule has 0 amide bonds. The van der Waals surface area contributed by atoms with Gasteiger partial charge >= 0.3 is 0 Å². The first-order chi connectivity index (χ1) is 33.7.